The largest absolute Gasteiger partial charge is 0.355 e. The van der Waals surface area contributed by atoms with Gasteiger partial charge in [0, 0.05) is 31.4 Å². The van der Waals surface area contributed by atoms with Crippen molar-refractivity contribution in [1.29, 1.82) is 0 Å². The molecule has 0 aromatic carbocycles. The van der Waals surface area contributed by atoms with Gasteiger partial charge in [-0.3, -0.25) is 9.78 Å². The van der Waals surface area contributed by atoms with E-state index in [9.17, 15) is 4.79 Å². The lowest BCUT2D eigenvalue weighted by Crippen LogP contribution is -2.38. The third-order valence-electron chi connectivity index (χ3n) is 3.51. The monoisotopic (exact) mass is 247 g/mol. The van der Waals surface area contributed by atoms with Crippen molar-refractivity contribution in [2.24, 2.45) is 11.7 Å². The third kappa shape index (κ3) is 3.81. The predicted octanol–water partition coefficient (Wildman–Crippen LogP) is 1.43. The molecule has 0 bridgehead atoms. The Morgan fingerprint density at radius 2 is 2.39 bits per heavy atom. The zero-order valence-electron chi connectivity index (χ0n) is 10.8. The number of nitrogens with one attached hydrogen (secondary N) is 1. The zero-order chi connectivity index (χ0) is 13.0. The molecule has 1 heterocycles. The summed E-state index contributed by atoms with van der Waals surface area (Å²) in [6.07, 6.45) is 6.47. The first-order chi connectivity index (χ1) is 8.66. The summed E-state index contributed by atoms with van der Waals surface area (Å²) in [4.78, 5) is 15.9. The van der Waals surface area contributed by atoms with E-state index in [1.165, 1.54) is 12.8 Å². The van der Waals surface area contributed by atoms with Crippen molar-refractivity contribution in [3.05, 3.63) is 30.1 Å². The maximum absolute atomic E-state index is 11.8. The van der Waals surface area contributed by atoms with Gasteiger partial charge >= 0.3 is 0 Å². The summed E-state index contributed by atoms with van der Waals surface area (Å²) in [5.74, 6) is 0.888. The number of hydrogen-bond acceptors (Lipinski definition) is 3. The molecule has 4 heteroatoms. The van der Waals surface area contributed by atoms with E-state index in [0.29, 0.717) is 18.9 Å². The molecule has 0 saturated heterocycles. The Morgan fingerprint density at radius 1 is 1.61 bits per heavy atom. The van der Waals surface area contributed by atoms with E-state index in [1.54, 1.807) is 6.20 Å². The summed E-state index contributed by atoms with van der Waals surface area (Å²) in [5, 5.41) is 2.92. The zero-order valence-corrected chi connectivity index (χ0v) is 10.8. The SMILES string of the molecule is CC(CC(=O)NCC(N)C1CC1)c1cccnc1. The second-order valence-corrected chi connectivity index (χ2v) is 5.20. The van der Waals surface area contributed by atoms with Crippen LogP contribution in [0.1, 0.15) is 37.7 Å². The number of carbonyl (C=O) groups is 1. The summed E-state index contributed by atoms with van der Waals surface area (Å²) < 4.78 is 0. The predicted molar refractivity (Wildman–Crippen MR) is 71.0 cm³/mol. The first-order valence-corrected chi connectivity index (χ1v) is 6.59. The van der Waals surface area contributed by atoms with Crippen molar-refractivity contribution in [2.75, 3.05) is 6.54 Å². The molecule has 98 valence electrons. The van der Waals surface area contributed by atoms with E-state index in [2.05, 4.69) is 10.3 Å². The van der Waals surface area contributed by atoms with E-state index < -0.39 is 0 Å². The molecule has 1 aromatic heterocycles. The van der Waals surface area contributed by atoms with Crippen molar-refractivity contribution in [2.45, 2.75) is 38.1 Å². The summed E-state index contributed by atoms with van der Waals surface area (Å²) in [7, 11) is 0. The number of rotatable bonds is 6. The quantitative estimate of drug-likeness (QED) is 0.799. The van der Waals surface area contributed by atoms with Gasteiger partial charge in [-0.25, -0.2) is 0 Å². The highest BCUT2D eigenvalue weighted by molar-refractivity contribution is 5.76. The fourth-order valence-corrected chi connectivity index (χ4v) is 2.06. The molecule has 18 heavy (non-hydrogen) atoms. The first-order valence-electron chi connectivity index (χ1n) is 6.59. The number of nitrogens with zero attached hydrogens (tertiary/aromatic N) is 1. The van der Waals surface area contributed by atoms with E-state index in [-0.39, 0.29) is 17.9 Å². The average molecular weight is 247 g/mol. The highest BCUT2D eigenvalue weighted by atomic mass is 16.1. The van der Waals surface area contributed by atoms with Gasteiger partial charge in [-0.15, -0.1) is 0 Å². The van der Waals surface area contributed by atoms with Crippen LogP contribution in [0.3, 0.4) is 0 Å². The Bertz CT molecular complexity index is 389. The topological polar surface area (TPSA) is 68.0 Å². The molecule has 1 aliphatic rings. The minimum Gasteiger partial charge on any atom is -0.355 e. The second kappa shape index (κ2) is 5.96. The summed E-state index contributed by atoms with van der Waals surface area (Å²) in [5.41, 5.74) is 7.04. The molecule has 1 aliphatic carbocycles. The molecule has 1 fully saturated rings. The Balaban J connectivity index is 1.73. The lowest BCUT2D eigenvalue weighted by Gasteiger charge is -2.14. The number of hydrogen-bond donors (Lipinski definition) is 2. The molecule has 2 unspecified atom stereocenters. The Labute approximate surface area is 108 Å². The molecular weight excluding hydrogens is 226 g/mol. The van der Waals surface area contributed by atoms with Gasteiger partial charge in [-0.05, 0) is 36.3 Å². The molecule has 3 N–H and O–H groups in total. The lowest BCUT2D eigenvalue weighted by atomic mass is 9.99. The molecule has 0 radical (unpaired) electrons. The number of pyridine rings is 1. The fraction of sp³-hybridized carbons (Fsp3) is 0.571. The van der Waals surface area contributed by atoms with Crippen LogP contribution in [0.4, 0.5) is 0 Å². The molecule has 2 rings (SSSR count). The van der Waals surface area contributed by atoms with Crippen LogP contribution in [-0.2, 0) is 4.79 Å². The summed E-state index contributed by atoms with van der Waals surface area (Å²) >= 11 is 0. The van der Waals surface area contributed by atoms with E-state index in [4.69, 9.17) is 5.73 Å². The van der Waals surface area contributed by atoms with E-state index >= 15 is 0 Å². The van der Waals surface area contributed by atoms with Crippen molar-refractivity contribution in [3.63, 3.8) is 0 Å². The molecule has 1 amide bonds. The van der Waals surface area contributed by atoms with Gasteiger partial charge in [0.2, 0.25) is 5.91 Å². The van der Waals surface area contributed by atoms with Crippen molar-refractivity contribution in [1.82, 2.24) is 10.3 Å². The van der Waals surface area contributed by atoms with Crippen LogP contribution in [0.5, 0.6) is 0 Å². The minimum absolute atomic E-state index is 0.0717. The Kier molecular flexibility index (Phi) is 4.31. The van der Waals surface area contributed by atoms with E-state index in [1.807, 2.05) is 25.3 Å². The molecule has 1 saturated carbocycles. The maximum Gasteiger partial charge on any atom is 0.220 e. The highest BCUT2D eigenvalue weighted by Gasteiger charge is 2.28. The van der Waals surface area contributed by atoms with Crippen LogP contribution in [0.2, 0.25) is 0 Å². The summed E-state index contributed by atoms with van der Waals surface area (Å²) in [6, 6.07) is 4.02. The van der Waals surface area contributed by atoms with Gasteiger partial charge in [0.05, 0.1) is 0 Å². The van der Waals surface area contributed by atoms with Gasteiger partial charge in [0.15, 0.2) is 0 Å². The van der Waals surface area contributed by atoms with Gasteiger partial charge in [-0.2, -0.15) is 0 Å². The standard InChI is InChI=1S/C14H21N3O/c1-10(12-3-2-6-16-8-12)7-14(18)17-9-13(15)11-4-5-11/h2-3,6,8,10-11,13H,4-5,7,9,15H2,1H3,(H,17,18). The number of amides is 1. The lowest BCUT2D eigenvalue weighted by molar-refractivity contribution is -0.121. The molecule has 0 aliphatic heterocycles. The molecule has 4 nitrogen and oxygen atoms in total. The van der Waals surface area contributed by atoms with Crippen LogP contribution in [0.15, 0.2) is 24.5 Å². The van der Waals surface area contributed by atoms with Gasteiger partial charge in [-0.1, -0.05) is 13.0 Å². The maximum atomic E-state index is 11.8. The average Bonchev–Trinajstić information content (AvgIpc) is 3.21. The smallest absolute Gasteiger partial charge is 0.220 e. The highest BCUT2D eigenvalue weighted by Crippen LogP contribution is 2.31. The van der Waals surface area contributed by atoms with Gasteiger partial charge in [0.25, 0.3) is 0 Å². The molecule has 2 atom stereocenters. The normalized spacial score (nSPS) is 18.1. The minimum atomic E-state index is 0.0717. The third-order valence-corrected chi connectivity index (χ3v) is 3.51. The van der Waals surface area contributed by atoms with Crippen molar-refractivity contribution < 1.29 is 4.79 Å². The van der Waals surface area contributed by atoms with Crippen molar-refractivity contribution in [3.8, 4) is 0 Å². The van der Waals surface area contributed by atoms with Crippen LogP contribution in [0, 0.1) is 5.92 Å². The molecule has 1 aromatic rings. The first kappa shape index (κ1) is 13.0. The van der Waals surface area contributed by atoms with Gasteiger partial charge in [0.1, 0.15) is 0 Å². The number of nitrogens with two attached hydrogens (primary N) is 1. The van der Waals surface area contributed by atoms with Crippen LogP contribution in [0.25, 0.3) is 0 Å². The van der Waals surface area contributed by atoms with Crippen LogP contribution < -0.4 is 11.1 Å². The second-order valence-electron chi connectivity index (χ2n) is 5.20. The van der Waals surface area contributed by atoms with Gasteiger partial charge < -0.3 is 11.1 Å². The van der Waals surface area contributed by atoms with Crippen LogP contribution in [-0.4, -0.2) is 23.5 Å². The van der Waals surface area contributed by atoms with Crippen LogP contribution >= 0.6 is 0 Å². The number of aromatic nitrogens is 1. The Hall–Kier alpha value is -1.42. The fourth-order valence-electron chi connectivity index (χ4n) is 2.06. The Morgan fingerprint density at radius 3 is 3.00 bits per heavy atom. The van der Waals surface area contributed by atoms with E-state index in [0.717, 1.165) is 5.56 Å². The molecular formula is C14H21N3O. The van der Waals surface area contributed by atoms with Crippen molar-refractivity contribution >= 4 is 5.91 Å². The number of carbonyl (C=O) groups excluding carboxylic acids is 1. The summed E-state index contributed by atoms with van der Waals surface area (Å²) in [6.45, 7) is 2.64. The molecule has 0 spiro atoms.